The molecule has 2 atom stereocenters. The first-order valence-electron chi connectivity index (χ1n) is 9.16. The number of guanidine groups is 1. The number of nitrogens with zero attached hydrogens (tertiary/aromatic N) is 4. The molecule has 146 valence electrons. The monoisotopic (exact) mass is 372 g/mol. The molecular formula is C19H28N6O2. The lowest BCUT2D eigenvalue weighted by molar-refractivity contribution is -0.176. The first kappa shape index (κ1) is 19.3. The average molecular weight is 372 g/mol. The zero-order valence-corrected chi connectivity index (χ0v) is 16.6. The first-order valence-corrected chi connectivity index (χ1v) is 9.16. The van der Waals surface area contributed by atoms with Gasteiger partial charge in [-0.05, 0) is 25.5 Å². The predicted octanol–water partition coefficient (Wildman–Crippen LogP) is 2.04. The Kier molecular flexibility index (Phi) is 5.46. The molecule has 1 aliphatic rings. The molecule has 2 aromatic rings. The lowest BCUT2D eigenvalue weighted by Crippen LogP contribution is -2.69. The lowest BCUT2D eigenvalue weighted by Gasteiger charge is -2.59. The summed E-state index contributed by atoms with van der Waals surface area (Å²) < 4.78 is 11.0. The summed E-state index contributed by atoms with van der Waals surface area (Å²) in [4.78, 5) is 12.9. The maximum Gasteiger partial charge on any atom is 0.276 e. The van der Waals surface area contributed by atoms with Crippen molar-refractivity contribution in [2.45, 2.75) is 45.3 Å². The first-order chi connectivity index (χ1) is 12.9. The molecule has 0 spiro atoms. The topological polar surface area (TPSA) is 97.5 Å². The summed E-state index contributed by atoms with van der Waals surface area (Å²) in [6.45, 7) is 7.22. The fraction of sp³-hybridized carbons (Fsp3) is 0.579. The van der Waals surface area contributed by atoms with E-state index in [0.717, 1.165) is 12.4 Å². The normalized spacial score (nSPS) is 24.3. The zero-order valence-electron chi connectivity index (χ0n) is 16.6. The molecule has 1 saturated carbocycles. The molecule has 0 saturated heterocycles. The second kappa shape index (κ2) is 7.64. The van der Waals surface area contributed by atoms with E-state index < -0.39 is 0 Å². The maximum absolute atomic E-state index is 5.68. The number of methoxy groups -OCH3 is 1. The molecule has 8 nitrogen and oxygen atoms in total. The standard InChI is InChI=1S/C19H28N6O2/c1-18(2)14(12-19(18,3)26-5)23-17(20-4)22-11-9-15-24-16(27-25-15)13-8-6-7-10-21-13/h6-8,10,14H,9,11-12H2,1-5H3,(H2,20,22,23). The Bertz CT molecular complexity index is 789. The molecule has 0 aromatic carbocycles. The molecule has 0 bridgehead atoms. The summed E-state index contributed by atoms with van der Waals surface area (Å²) in [5.74, 6) is 1.83. The number of aromatic nitrogens is 3. The molecule has 0 radical (unpaired) electrons. The highest BCUT2D eigenvalue weighted by Gasteiger charge is 2.58. The second-order valence-electron chi connectivity index (χ2n) is 7.54. The molecule has 8 heteroatoms. The van der Waals surface area contributed by atoms with Crippen molar-refractivity contribution in [3.05, 3.63) is 30.2 Å². The Labute approximate surface area is 159 Å². The van der Waals surface area contributed by atoms with E-state index >= 15 is 0 Å². The Morgan fingerprint density at radius 1 is 1.37 bits per heavy atom. The molecule has 2 unspecified atom stereocenters. The number of nitrogens with one attached hydrogen (secondary N) is 2. The quantitative estimate of drug-likeness (QED) is 0.591. The number of ether oxygens (including phenoxy) is 1. The summed E-state index contributed by atoms with van der Waals surface area (Å²) >= 11 is 0. The van der Waals surface area contributed by atoms with Crippen LogP contribution in [-0.2, 0) is 11.2 Å². The third-order valence-corrected chi connectivity index (χ3v) is 5.81. The van der Waals surface area contributed by atoms with E-state index in [4.69, 9.17) is 9.26 Å². The van der Waals surface area contributed by atoms with Gasteiger partial charge in [-0.15, -0.1) is 0 Å². The van der Waals surface area contributed by atoms with Crippen LogP contribution in [0.1, 0.15) is 33.0 Å². The molecule has 0 amide bonds. The van der Waals surface area contributed by atoms with Crippen LogP contribution in [0.3, 0.4) is 0 Å². The lowest BCUT2D eigenvalue weighted by atomic mass is 9.56. The summed E-state index contributed by atoms with van der Waals surface area (Å²) in [6.07, 6.45) is 3.27. The van der Waals surface area contributed by atoms with Crippen LogP contribution >= 0.6 is 0 Å². The minimum absolute atomic E-state index is 0.0185. The van der Waals surface area contributed by atoms with Gasteiger partial charge in [0.15, 0.2) is 11.8 Å². The van der Waals surface area contributed by atoms with Gasteiger partial charge in [0.25, 0.3) is 5.89 Å². The van der Waals surface area contributed by atoms with E-state index in [1.807, 2.05) is 18.2 Å². The van der Waals surface area contributed by atoms with Gasteiger partial charge in [-0.2, -0.15) is 4.98 Å². The van der Waals surface area contributed by atoms with Crippen molar-refractivity contribution in [2.75, 3.05) is 20.7 Å². The van der Waals surface area contributed by atoms with E-state index in [1.165, 1.54) is 0 Å². The number of pyridine rings is 1. The van der Waals surface area contributed by atoms with Crippen LogP contribution in [0.4, 0.5) is 0 Å². The maximum atomic E-state index is 5.68. The van der Waals surface area contributed by atoms with Gasteiger partial charge in [-0.1, -0.05) is 25.1 Å². The molecule has 27 heavy (non-hydrogen) atoms. The highest BCUT2D eigenvalue weighted by Crippen LogP contribution is 2.51. The molecule has 2 aromatic heterocycles. The van der Waals surface area contributed by atoms with E-state index in [0.29, 0.717) is 36.4 Å². The summed E-state index contributed by atoms with van der Waals surface area (Å²) in [7, 11) is 3.54. The van der Waals surface area contributed by atoms with Gasteiger partial charge in [0, 0.05) is 44.8 Å². The van der Waals surface area contributed by atoms with Crippen LogP contribution in [0.25, 0.3) is 11.6 Å². The Morgan fingerprint density at radius 3 is 2.81 bits per heavy atom. The Hall–Kier alpha value is -2.48. The smallest absolute Gasteiger partial charge is 0.276 e. The predicted molar refractivity (Wildman–Crippen MR) is 103 cm³/mol. The third-order valence-electron chi connectivity index (χ3n) is 5.81. The van der Waals surface area contributed by atoms with Crippen LogP contribution in [0.5, 0.6) is 0 Å². The number of rotatable bonds is 6. The van der Waals surface area contributed by atoms with Gasteiger partial charge in [0.05, 0.1) is 5.60 Å². The highest BCUT2D eigenvalue weighted by atomic mass is 16.5. The fourth-order valence-electron chi connectivity index (χ4n) is 3.32. The van der Waals surface area contributed by atoms with Gasteiger partial charge in [0.2, 0.25) is 0 Å². The van der Waals surface area contributed by atoms with E-state index in [9.17, 15) is 0 Å². The van der Waals surface area contributed by atoms with E-state index in [2.05, 4.69) is 51.5 Å². The van der Waals surface area contributed by atoms with Crippen LogP contribution < -0.4 is 10.6 Å². The van der Waals surface area contributed by atoms with E-state index in [1.54, 1.807) is 20.4 Å². The van der Waals surface area contributed by atoms with Crippen molar-refractivity contribution in [1.82, 2.24) is 25.8 Å². The number of aliphatic imine (C=N–C) groups is 1. The van der Waals surface area contributed by atoms with Crippen molar-refractivity contribution in [2.24, 2.45) is 10.4 Å². The van der Waals surface area contributed by atoms with Crippen LogP contribution in [0.15, 0.2) is 33.9 Å². The van der Waals surface area contributed by atoms with Crippen molar-refractivity contribution in [3.8, 4) is 11.6 Å². The molecule has 2 heterocycles. The Balaban J connectivity index is 1.49. The molecular weight excluding hydrogens is 344 g/mol. The van der Waals surface area contributed by atoms with E-state index in [-0.39, 0.29) is 11.0 Å². The highest BCUT2D eigenvalue weighted by molar-refractivity contribution is 5.80. The van der Waals surface area contributed by atoms with Crippen molar-refractivity contribution in [1.29, 1.82) is 0 Å². The van der Waals surface area contributed by atoms with Gasteiger partial charge >= 0.3 is 0 Å². The largest absolute Gasteiger partial charge is 0.378 e. The molecule has 3 rings (SSSR count). The minimum atomic E-state index is -0.115. The summed E-state index contributed by atoms with van der Waals surface area (Å²) in [5, 5.41) is 10.8. The van der Waals surface area contributed by atoms with Crippen LogP contribution in [0.2, 0.25) is 0 Å². The number of hydrogen-bond acceptors (Lipinski definition) is 6. The van der Waals surface area contributed by atoms with Crippen molar-refractivity contribution in [3.63, 3.8) is 0 Å². The fourth-order valence-corrected chi connectivity index (χ4v) is 3.32. The van der Waals surface area contributed by atoms with Gasteiger partial charge in [-0.25, -0.2) is 0 Å². The molecule has 1 fully saturated rings. The van der Waals surface area contributed by atoms with Crippen LogP contribution in [-0.4, -0.2) is 53.4 Å². The molecule has 1 aliphatic carbocycles. The summed E-state index contributed by atoms with van der Waals surface area (Å²) in [5.41, 5.74) is 0.579. The zero-order chi connectivity index (χ0) is 19.5. The van der Waals surface area contributed by atoms with Gasteiger partial charge < -0.3 is 19.9 Å². The minimum Gasteiger partial charge on any atom is -0.378 e. The van der Waals surface area contributed by atoms with Gasteiger partial charge in [0.1, 0.15) is 5.69 Å². The van der Waals surface area contributed by atoms with Crippen molar-refractivity contribution < 1.29 is 9.26 Å². The Morgan fingerprint density at radius 2 is 2.19 bits per heavy atom. The number of hydrogen-bond donors (Lipinski definition) is 2. The third kappa shape index (κ3) is 3.80. The average Bonchev–Trinajstić information content (AvgIpc) is 3.15. The second-order valence-corrected chi connectivity index (χ2v) is 7.54. The van der Waals surface area contributed by atoms with Crippen LogP contribution in [0, 0.1) is 5.41 Å². The summed E-state index contributed by atoms with van der Waals surface area (Å²) in [6, 6.07) is 5.88. The molecule has 2 N–H and O–H groups in total. The van der Waals surface area contributed by atoms with Crippen molar-refractivity contribution >= 4 is 5.96 Å². The SMILES string of the molecule is CN=C(NCCc1noc(-c2ccccn2)n1)NC1CC(C)(OC)C1(C)C. The van der Waals surface area contributed by atoms with Gasteiger partial charge in [-0.3, -0.25) is 9.98 Å². The molecule has 0 aliphatic heterocycles.